The highest BCUT2D eigenvalue weighted by Crippen LogP contribution is 2.03. The first-order chi connectivity index (χ1) is 9.61. The first kappa shape index (κ1) is 17.3. The van der Waals surface area contributed by atoms with Gasteiger partial charge in [-0.05, 0) is 36.2 Å². The number of benzene rings is 1. The normalized spacial score (nSPS) is 10.6. The number of thioether (sulfide) groups is 1. The summed E-state index contributed by atoms with van der Waals surface area (Å²) in [5, 5.41) is 7.22. The molecule has 0 aromatic heterocycles. The van der Waals surface area contributed by atoms with Gasteiger partial charge in [-0.3, -0.25) is 0 Å². The van der Waals surface area contributed by atoms with Crippen molar-refractivity contribution in [2.24, 2.45) is 0 Å². The van der Waals surface area contributed by atoms with Crippen molar-refractivity contribution in [2.75, 3.05) is 32.6 Å². The summed E-state index contributed by atoms with van der Waals surface area (Å²) in [5.74, 6) is 1.17. The van der Waals surface area contributed by atoms with Crippen molar-refractivity contribution in [3.63, 3.8) is 0 Å². The molecule has 5 heteroatoms. The number of quaternary nitrogens is 1. The SMILES string of the molecule is CSCCCNC(=S)NCc1ccc(C[NH+](C)C)cc1. The second-order valence-corrected chi connectivity index (χ2v) is 6.55. The lowest BCUT2D eigenvalue weighted by atomic mass is 10.1. The molecule has 3 nitrogen and oxygen atoms in total. The van der Waals surface area contributed by atoms with E-state index in [1.54, 1.807) is 0 Å². The Balaban J connectivity index is 2.25. The molecule has 1 rings (SSSR count). The Hall–Kier alpha value is -0.780. The second-order valence-electron chi connectivity index (χ2n) is 5.16. The molecule has 0 spiro atoms. The minimum absolute atomic E-state index is 0.743. The average Bonchev–Trinajstić information content (AvgIpc) is 2.42. The highest BCUT2D eigenvalue weighted by atomic mass is 32.2. The van der Waals surface area contributed by atoms with Gasteiger partial charge < -0.3 is 15.5 Å². The molecule has 1 aromatic rings. The van der Waals surface area contributed by atoms with Crippen LogP contribution in [0.1, 0.15) is 17.5 Å². The third-order valence-corrected chi connectivity index (χ3v) is 3.83. The molecular formula is C15H26N3S2+. The van der Waals surface area contributed by atoms with E-state index in [4.69, 9.17) is 12.2 Å². The Bertz CT molecular complexity index is 391. The highest BCUT2D eigenvalue weighted by molar-refractivity contribution is 7.98. The number of thiocarbonyl (C=S) groups is 1. The van der Waals surface area contributed by atoms with E-state index >= 15 is 0 Å². The maximum absolute atomic E-state index is 5.25. The lowest BCUT2D eigenvalue weighted by Crippen LogP contribution is -3.04. The van der Waals surface area contributed by atoms with Crippen LogP contribution in [0.4, 0.5) is 0 Å². The summed E-state index contributed by atoms with van der Waals surface area (Å²) in [4.78, 5) is 1.44. The highest BCUT2D eigenvalue weighted by Gasteiger charge is 2.00. The molecule has 0 atom stereocenters. The van der Waals surface area contributed by atoms with Crippen LogP contribution < -0.4 is 15.5 Å². The molecule has 0 fully saturated rings. The Labute approximate surface area is 132 Å². The first-order valence-electron chi connectivity index (χ1n) is 6.99. The predicted molar refractivity (Wildman–Crippen MR) is 93.4 cm³/mol. The van der Waals surface area contributed by atoms with Gasteiger partial charge in [0.1, 0.15) is 6.54 Å². The van der Waals surface area contributed by atoms with Crippen molar-refractivity contribution >= 4 is 29.1 Å². The van der Waals surface area contributed by atoms with Gasteiger partial charge in [-0.2, -0.15) is 11.8 Å². The number of hydrogen-bond acceptors (Lipinski definition) is 2. The minimum atomic E-state index is 0.743. The van der Waals surface area contributed by atoms with Crippen LogP contribution in [0.25, 0.3) is 0 Å². The summed E-state index contributed by atoms with van der Waals surface area (Å²) >= 11 is 7.12. The molecule has 0 saturated heterocycles. The zero-order valence-corrected chi connectivity index (χ0v) is 14.3. The van der Waals surface area contributed by atoms with Gasteiger partial charge in [0, 0.05) is 18.7 Å². The van der Waals surface area contributed by atoms with Gasteiger partial charge in [0.2, 0.25) is 0 Å². The molecule has 0 radical (unpaired) electrons. The van der Waals surface area contributed by atoms with E-state index in [9.17, 15) is 0 Å². The van der Waals surface area contributed by atoms with E-state index in [1.165, 1.54) is 21.8 Å². The monoisotopic (exact) mass is 312 g/mol. The summed E-state index contributed by atoms with van der Waals surface area (Å²) < 4.78 is 0. The molecule has 0 aliphatic rings. The van der Waals surface area contributed by atoms with E-state index < -0.39 is 0 Å². The Kier molecular flexibility index (Phi) is 8.65. The molecule has 112 valence electrons. The van der Waals surface area contributed by atoms with Gasteiger partial charge in [0.05, 0.1) is 14.1 Å². The van der Waals surface area contributed by atoms with Crippen molar-refractivity contribution in [1.29, 1.82) is 0 Å². The Morgan fingerprint density at radius 1 is 1.15 bits per heavy atom. The summed E-state index contributed by atoms with van der Waals surface area (Å²) in [7, 11) is 4.33. The fourth-order valence-electron chi connectivity index (χ4n) is 1.85. The standard InChI is InChI=1S/C15H25N3S2/c1-18(2)12-14-7-5-13(6-8-14)11-17-15(19)16-9-4-10-20-3/h5-8H,4,9-12H2,1-3H3,(H2,16,17,19)/p+1. The molecule has 0 heterocycles. The average molecular weight is 313 g/mol. The van der Waals surface area contributed by atoms with Crippen LogP contribution in [0.5, 0.6) is 0 Å². The molecule has 0 aliphatic heterocycles. The topological polar surface area (TPSA) is 28.5 Å². The molecule has 0 aliphatic carbocycles. The largest absolute Gasteiger partial charge is 0.363 e. The van der Waals surface area contributed by atoms with E-state index in [2.05, 4.69) is 55.3 Å². The molecule has 0 unspecified atom stereocenters. The molecule has 1 aromatic carbocycles. The van der Waals surface area contributed by atoms with Crippen LogP contribution in [0.2, 0.25) is 0 Å². The summed E-state index contributed by atoms with van der Waals surface area (Å²) in [6.45, 7) is 2.78. The second kappa shape index (κ2) is 10.0. The van der Waals surface area contributed by atoms with Crippen LogP contribution >= 0.6 is 24.0 Å². The maximum Gasteiger partial charge on any atom is 0.166 e. The maximum atomic E-state index is 5.25. The van der Waals surface area contributed by atoms with Crippen LogP contribution in [0.15, 0.2) is 24.3 Å². The van der Waals surface area contributed by atoms with Crippen molar-refractivity contribution in [1.82, 2.24) is 10.6 Å². The third-order valence-electron chi connectivity index (χ3n) is 2.84. The molecule has 0 bridgehead atoms. The number of hydrogen-bond donors (Lipinski definition) is 3. The molecule has 20 heavy (non-hydrogen) atoms. The smallest absolute Gasteiger partial charge is 0.166 e. The number of rotatable bonds is 8. The third kappa shape index (κ3) is 7.72. The lowest BCUT2D eigenvalue weighted by molar-refractivity contribution is -0.872. The van der Waals surface area contributed by atoms with Crippen LogP contribution in [0, 0.1) is 0 Å². The van der Waals surface area contributed by atoms with E-state index in [-0.39, 0.29) is 0 Å². The minimum Gasteiger partial charge on any atom is -0.363 e. The van der Waals surface area contributed by atoms with Gasteiger partial charge in [-0.1, -0.05) is 24.3 Å². The summed E-state index contributed by atoms with van der Waals surface area (Å²) in [6, 6.07) is 8.72. The Morgan fingerprint density at radius 3 is 2.40 bits per heavy atom. The first-order valence-corrected chi connectivity index (χ1v) is 8.79. The summed E-state index contributed by atoms with van der Waals surface area (Å²) in [6.07, 6.45) is 3.27. The van der Waals surface area contributed by atoms with Gasteiger partial charge in [0.15, 0.2) is 5.11 Å². The molecular weight excluding hydrogens is 286 g/mol. The number of nitrogens with one attached hydrogen (secondary N) is 3. The van der Waals surface area contributed by atoms with Crippen LogP contribution in [-0.4, -0.2) is 37.8 Å². The molecule has 3 N–H and O–H groups in total. The van der Waals surface area contributed by atoms with E-state index in [1.807, 2.05) is 11.8 Å². The van der Waals surface area contributed by atoms with Gasteiger partial charge in [-0.25, -0.2) is 0 Å². The lowest BCUT2D eigenvalue weighted by Gasteiger charge is -2.11. The van der Waals surface area contributed by atoms with Gasteiger partial charge in [-0.15, -0.1) is 0 Å². The van der Waals surface area contributed by atoms with Gasteiger partial charge >= 0.3 is 0 Å². The van der Waals surface area contributed by atoms with Crippen molar-refractivity contribution < 1.29 is 4.90 Å². The fraction of sp³-hybridized carbons (Fsp3) is 0.533. The fourth-order valence-corrected chi connectivity index (χ4v) is 2.45. The van der Waals surface area contributed by atoms with E-state index in [0.29, 0.717) is 0 Å². The van der Waals surface area contributed by atoms with Crippen LogP contribution in [0.3, 0.4) is 0 Å². The van der Waals surface area contributed by atoms with Gasteiger partial charge in [0.25, 0.3) is 0 Å². The zero-order chi connectivity index (χ0) is 14.8. The molecule has 0 saturated carbocycles. The van der Waals surface area contributed by atoms with E-state index in [0.717, 1.165) is 31.2 Å². The van der Waals surface area contributed by atoms with Crippen molar-refractivity contribution in [3.8, 4) is 0 Å². The zero-order valence-electron chi connectivity index (χ0n) is 12.7. The quantitative estimate of drug-likeness (QED) is 0.494. The van der Waals surface area contributed by atoms with Crippen molar-refractivity contribution in [2.45, 2.75) is 19.5 Å². The summed E-state index contributed by atoms with van der Waals surface area (Å²) in [5.41, 5.74) is 2.63. The molecule has 0 amide bonds. The van der Waals surface area contributed by atoms with Crippen molar-refractivity contribution in [3.05, 3.63) is 35.4 Å². The predicted octanol–water partition coefficient (Wildman–Crippen LogP) is 1.05. The van der Waals surface area contributed by atoms with Crippen LogP contribution in [-0.2, 0) is 13.1 Å². The Morgan fingerprint density at radius 2 is 1.80 bits per heavy atom.